The van der Waals surface area contributed by atoms with Crippen LogP contribution in [0.5, 0.6) is 11.8 Å². The Morgan fingerprint density at radius 3 is 2.56 bits per heavy atom. The Hall–Kier alpha value is -5.45. The van der Waals surface area contributed by atoms with Crippen molar-refractivity contribution in [3.63, 3.8) is 0 Å². The Bertz CT molecular complexity index is 2510. The first-order valence-corrected chi connectivity index (χ1v) is 23.3. The average molecular weight is 875 g/mol. The molecule has 15 nitrogen and oxygen atoms in total. The third-order valence-electron chi connectivity index (χ3n) is 14.5. The Morgan fingerprint density at radius 2 is 1.80 bits per heavy atom. The topological polar surface area (TPSA) is 157 Å². The summed E-state index contributed by atoms with van der Waals surface area (Å²) in [6.45, 7) is 14.2. The highest BCUT2D eigenvalue weighted by atomic mass is 19.1. The minimum absolute atomic E-state index is 0.0524. The molecule has 338 valence electrons. The Balaban J connectivity index is 0.768. The third kappa shape index (κ3) is 8.59. The number of phenolic OH excluding ortho intramolecular Hbond substituents is 1. The maximum Gasteiger partial charge on any atom is 0.319 e. The number of piperazine rings is 2. The van der Waals surface area contributed by atoms with Crippen molar-refractivity contribution in [1.82, 2.24) is 40.1 Å². The van der Waals surface area contributed by atoms with E-state index in [0.717, 1.165) is 132 Å². The van der Waals surface area contributed by atoms with Gasteiger partial charge in [0.05, 0.1) is 17.8 Å². The number of nitrogens with zero attached hydrogens (tertiary/aromatic N) is 9. The fourth-order valence-electron chi connectivity index (χ4n) is 10.9. The maximum atomic E-state index is 17.0. The first-order chi connectivity index (χ1) is 31.1. The standard InChI is InChI=1S/C48H59FN10O5/c1-3-31-6-4-7-32-22-36(61)23-38(42(31)32)44-43(49)45-39(26-50-44)46(58-27-33-9-10-34(28-58)51-33)53-47(52-45)63-21-20-55-14-11-48(2,12-15-55)30-56-16-18-57(19-17-56)40-24-37(64-54-40)25-41(62)59-13-5-8-35(59)29-60/h4,6-7,22-24,26,29,33-35,51,61H,3,5,8-21,25,27-28,30H2,1-2H3/t33?,34?,35-/m0/s1. The van der Waals surface area contributed by atoms with Crippen molar-refractivity contribution in [2.75, 3.05) is 88.4 Å². The number of hydrogen-bond donors (Lipinski definition) is 2. The summed E-state index contributed by atoms with van der Waals surface area (Å²) in [5.41, 5.74) is 2.09. The van der Waals surface area contributed by atoms with Crippen LogP contribution in [0.4, 0.5) is 16.0 Å². The second-order valence-electron chi connectivity index (χ2n) is 18.9. The van der Waals surface area contributed by atoms with Crippen LogP contribution in [0.1, 0.15) is 63.7 Å². The number of rotatable bonds is 13. The number of aryl methyl sites for hydroxylation is 1. The van der Waals surface area contributed by atoms with E-state index in [2.05, 4.69) is 43.9 Å². The highest BCUT2D eigenvalue weighted by Gasteiger charge is 2.36. The third-order valence-corrected chi connectivity index (χ3v) is 14.5. The van der Waals surface area contributed by atoms with Gasteiger partial charge in [0, 0.05) is 88.8 Å². The molecule has 5 aromatic rings. The van der Waals surface area contributed by atoms with Gasteiger partial charge >= 0.3 is 6.01 Å². The number of hydrogen-bond acceptors (Lipinski definition) is 14. The normalized spacial score (nSPS) is 22.8. The van der Waals surface area contributed by atoms with Gasteiger partial charge in [-0.1, -0.05) is 37.2 Å². The molecule has 16 heteroatoms. The first kappa shape index (κ1) is 42.5. The monoisotopic (exact) mass is 874 g/mol. The van der Waals surface area contributed by atoms with Gasteiger partial charge in [0.15, 0.2) is 11.6 Å². The average Bonchev–Trinajstić information content (AvgIpc) is 4.07. The zero-order valence-electron chi connectivity index (χ0n) is 37.0. The molecule has 10 rings (SSSR count). The molecule has 5 aliphatic rings. The van der Waals surface area contributed by atoms with Gasteiger partial charge in [-0.15, -0.1) is 0 Å². The number of aldehydes is 1. The van der Waals surface area contributed by atoms with Gasteiger partial charge in [0.1, 0.15) is 41.4 Å². The van der Waals surface area contributed by atoms with Crippen LogP contribution in [-0.4, -0.2) is 149 Å². The summed E-state index contributed by atoms with van der Waals surface area (Å²) in [7, 11) is 0. The second-order valence-corrected chi connectivity index (χ2v) is 18.9. The lowest BCUT2D eigenvalue weighted by Gasteiger charge is -2.44. The van der Waals surface area contributed by atoms with Crippen LogP contribution in [0.3, 0.4) is 0 Å². The summed E-state index contributed by atoms with van der Waals surface area (Å²) < 4.78 is 28.9. The number of halogens is 1. The van der Waals surface area contributed by atoms with Crippen LogP contribution in [0, 0.1) is 11.2 Å². The maximum absolute atomic E-state index is 17.0. The highest BCUT2D eigenvalue weighted by Crippen LogP contribution is 2.39. The molecule has 5 fully saturated rings. The molecule has 2 bridgehead atoms. The highest BCUT2D eigenvalue weighted by molar-refractivity contribution is 6.01. The summed E-state index contributed by atoms with van der Waals surface area (Å²) in [5, 5.41) is 20.9. The van der Waals surface area contributed by atoms with Crippen molar-refractivity contribution >= 4 is 45.5 Å². The van der Waals surface area contributed by atoms with Gasteiger partial charge in [0.2, 0.25) is 5.91 Å². The van der Waals surface area contributed by atoms with Gasteiger partial charge < -0.3 is 39.2 Å². The molecule has 64 heavy (non-hydrogen) atoms. The minimum Gasteiger partial charge on any atom is -0.508 e. The number of nitrogens with one attached hydrogen (secondary N) is 1. The molecule has 3 atom stereocenters. The lowest BCUT2D eigenvalue weighted by molar-refractivity contribution is -0.134. The second kappa shape index (κ2) is 17.8. The summed E-state index contributed by atoms with van der Waals surface area (Å²) in [6.07, 6.45) is 9.33. The Labute approximate surface area is 372 Å². The number of carbonyl (C=O) groups excluding carboxylic acids is 2. The van der Waals surface area contributed by atoms with Crippen LogP contribution in [0.2, 0.25) is 0 Å². The van der Waals surface area contributed by atoms with Crippen molar-refractivity contribution in [2.24, 2.45) is 5.41 Å². The number of carbonyl (C=O) groups is 2. The number of anilines is 2. The summed E-state index contributed by atoms with van der Waals surface area (Å²) in [6, 6.07) is 11.6. The van der Waals surface area contributed by atoms with E-state index in [-0.39, 0.29) is 46.8 Å². The van der Waals surface area contributed by atoms with Crippen LogP contribution in [0.15, 0.2) is 47.1 Å². The van der Waals surface area contributed by atoms with Gasteiger partial charge in [0.25, 0.3) is 0 Å². The molecule has 0 radical (unpaired) electrons. The fourth-order valence-corrected chi connectivity index (χ4v) is 10.9. The van der Waals surface area contributed by atoms with E-state index in [4.69, 9.17) is 24.2 Å². The smallest absolute Gasteiger partial charge is 0.319 e. The van der Waals surface area contributed by atoms with E-state index in [1.165, 1.54) is 0 Å². The van der Waals surface area contributed by atoms with E-state index in [1.54, 1.807) is 23.2 Å². The zero-order chi connectivity index (χ0) is 44.0. The molecular weight excluding hydrogens is 816 g/mol. The summed E-state index contributed by atoms with van der Waals surface area (Å²) in [5.74, 6) is 1.35. The minimum atomic E-state index is -0.553. The molecule has 5 saturated heterocycles. The molecule has 3 aromatic heterocycles. The molecule has 8 heterocycles. The van der Waals surface area contributed by atoms with Crippen LogP contribution in [0.25, 0.3) is 32.9 Å². The van der Waals surface area contributed by atoms with Crippen molar-refractivity contribution in [3.8, 4) is 23.0 Å². The van der Waals surface area contributed by atoms with Gasteiger partial charge in [-0.3, -0.25) is 19.6 Å². The SMILES string of the molecule is CCc1cccc2cc(O)cc(-c3ncc4c(N5CC6CCC(C5)N6)nc(OCCN5CCC(C)(CN6CCN(c7cc(CC(=O)N8CCC[C@H]8C=O)on7)CC6)CC5)nc4c3F)c12. The Morgan fingerprint density at radius 1 is 1.00 bits per heavy atom. The van der Waals surface area contributed by atoms with E-state index >= 15 is 4.39 Å². The summed E-state index contributed by atoms with van der Waals surface area (Å²) in [4.78, 5) is 49.7. The zero-order valence-corrected chi connectivity index (χ0v) is 37.0. The molecule has 2 aromatic carbocycles. The largest absolute Gasteiger partial charge is 0.508 e. The predicted molar refractivity (Wildman–Crippen MR) is 242 cm³/mol. The molecule has 1 amide bonds. The fraction of sp³-hybridized carbons (Fsp3) is 0.542. The quantitative estimate of drug-likeness (QED) is 0.149. The van der Waals surface area contributed by atoms with Crippen LogP contribution < -0.4 is 19.9 Å². The van der Waals surface area contributed by atoms with Crippen molar-refractivity contribution in [2.45, 2.75) is 83.3 Å². The van der Waals surface area contributed by atoms with Crippen LogP contribution in [-0.2, 0) is 22.4 Å². The number of aromatic nitrogens is 4. The van der Waals surface area contributed by atoms with E-state index in [0.29, 0.717) is 54.3 Å². The van der Waals surface area contributed by atoms with Crippen molar-refractivity contribution in [3.05, 3.63) is 59.7 Å². The number of phenols is 1. The number of ether oxygens (including phenoxy) is 1. The number of likely N-dealkylation sites (tertiary alicyclic amines) is 2. The number of aromatic hydroxyl groups is 1. The number of amides is 1. The molecule has 5 aliphatic heterocycles. The number of benzene rings is 2. The predicted octanol–water partition coefficient (Wildman–Crippen LogP) is 5.22. The number of piperidine rings is 1. The molecule has 2 N–H and O–H groups in total. The van der Waals surface area contributed by atoms with E-state index in [9.17, 15) is 14.7 Å². The number of fused-ring (bicyclic) bond motifs is 4. The van der Waals surface area contributed by atoms with E-state index in [1.807, 2.05) is 24.3 Å². The first-order valence-electron chi connectivity index (χ1n) is 23.3. The van der Waals surface area contributed by atoms with Gasteiger partial charge in [-0.2, -0.15) is 9.97 Å². The van der Waals surface area contributed by atoms with Gasteiger partial charge in [-0.25, -0.2) is 4.39 Å². The van der Waals surface area contributed by atoms with Gasteiger partial charge in [-0.05, 0) is 91.9 Å². The molecule has 2 unspecified atom stereocenters. The lowest BCUT2D eigenvalue weighted by Crippen LogP contribution is -2.51. The molecular formula is C48H59FN10O5. The molecule has 0 aliphatic carbocycles. The van der Waals surface area contributed by atoms with E-state index < -0.39 is 5.82 Å². The molecule has 0 spiro atoms. The Kier molecular flexibility index (Phi) is 11.9. The number of pyridine rings is 1. The lowest BCUT2D eigenvalue weighted by atomic mass is 9.79. The van der Waals surface area contributed by atoms with Crippen LogP contribution >= 0.6 is 0 Å². The van der Waals surface area contributed by atoms with Crippen molar-refractivity contribution in [1.29, 1.82) is 0 Å². The summed E-state index contributed by atoms with van der Waals surface area (Å²) >= 11 is 0. The molecule has 0 saturated carbocycles. The van der Waals surface area contributed by atoms with Crippen molar-refractivity contribution < 1.29 is 28.3 Å².